The van der Waals surface area contributed by atoms with Crippen molar-refractivity contribution < 1.29 is 18.0 Å². The van der Waals surface area contributed by atoms with E-state index < -0.39 is 11.7 Å². The van der Waals surface area contributed by atoms with Crippen LogP contribution in [0.15, 0.2) is 54.7 Å². The first kappa shape index (κ1) is 19.2. The van der Waals surface area contributed by atoms with Gasteiger partial charge in [-0.2, -0.15) is 18.3 Å². The summed E-state index contributed by atoms with van der Waals surface area (Å²) in [7, 11) is 0. The van der Waals surface area contributed by atoms with E-state index in [1.165, 1.54) is 16.8 Å². The fourth-order valence-electron chi connectivity index (χ4n) is 3.37. The van der Waals surface area contributed by atoms with Crippen LogP contribution < -0.4 is 5.32 Å². The predicted octanol–water partition coefficient (Wildman–Crippen LogP) is 5.39. The maximum Gasteiger partial charge on any atom is 0.416 e. The first-order valence-electron chi connectivity index (χ1n) is 9.42. The number of benzene rings is 2. The number of hydrogen-bond donors (Lipinski definition) is 1. The van der Waals surface area contributed by atoms with Crippen LogP contribution in [0.4, 0.5) is 19.0 Å². The lowest BCUT2D eigenvalue weighted by atomic mass is 10.0. The molecule has 150 valence electrons. The maximum atomic E-state index is 13.5. The minimum Gasteiger partial charge on any atom is -0.305 e. The lowest BCUT2D eigenvalue weighted by Crippen LogP contribution is -2.15. The number of nitrogens with one attached hydrogen (secondary N) is 1. The van der Waals surface area contributed by atoms with Crippen molar-refractivity contribution in [2.75, 3.05) is 5.32 Å². The molecule has 3 aromatic rings. The highest BCUT2D eigenvalue weighted by atomic mass is 19.4. The van der Waals surface area contributed by atoms with Gasteiger partial charge in [0.25, 0.3) is 5.91 Å². The van der Waals surface area contributed by atoms with Crippen LogP contribution in [-0.2, 0) is 12.7 Å². The van der Waals surface area contributed by atoms with Gasteiger partial charge in [0.1, 0.15) is 0 Å². The zero-order valence-corrected chi connectivity index (χ0v) is 15.8. The topological polar surface area (TPSA) is 46.9 Å². The lowest BCUT2D eigenvalue weighted by molar-refractivity contribution is -0.138. The largest absolute Gasteiger partial charge is 0.416 e. The van der Waals surface area contributed by atoms with Crippen molar-refractivity contribution in [2.24, 2.45) is 0 Å². The highest BCUT2D eigenvalue weighted by molar-refractivity contribution is 6.04. The Morgan fingerprint density at radius 2 is 1.93 bits per heavy atom. The quantitative estimate of drug-likeness (QED) is 0.625. The molecule has 29 heavy (non-hydrogen) atoms. The number of hydrogen-bond acceptors (Lipinski definition) is 2. The Labute approximate surface area is 166 Å². The molecule has 0 atom stereocenters. The molecule has 0 unspecified atom stereocenters. The number of halogens is 3. The summed E-state index contributed by atoms with van der Waals surface area (Å²) in [6.45, 7) is 1.80. The molecule has 0 saturated heterocycles. The van der Waals surface area contributed by atoms with Gasteiger partial charge < -0.3 is 5.32 Å². The van der Waals surface area contributed by atoms with Crippen LogP contribution in [0.1, 0.15) is 51.4 Å². The van der Waals surface area contributed by atoms with Crippen molar-refractivity contribution >= 4 is 11.7 Å². The minimum atomic E-state index is -4.42. The second-order valence-electron chi connectivity index (χ2n) is 7.36. The summed E-state index contributed by atoms with van der Waals surface area (Å²) in [4.78, 5) is 12.4. The smallest absolute Gasteiger partial charge is 0.305 e. The third-order valence-electron chi connectivity index (χ3n) is 5.09. The Kier molecular flexibility index (Phi) is 4.90. The number of aromatic nitrogens is 2. The lowest BCUT2D eigenvalue weighted by Gasteiger charge is -2.14. The summed E-state index contributed by atoms with van der Waals surface area (Å²) >= 11 is 0. The highest BCUT2D eigenvalue weighted by Gasteiger charge is 2.35. The molecule has 1 aromatic heterocycles. The van der Waals surface area contributed by atoms with Crippen molar-refractivity contribution in [3.8, 4) is 0 Å². The SMILES string of the molecule is Cc1ccccc1C(=O)Nc1ccn(Cc2ccc(C3CC3)cc2C(F)(F)F)n1. The van der Waals surface area contributed by atoms with Gasteiger partial charge in [-0.3, -0.25) is 9.48 Å². The van der Waals surface area contributed by atoms with Crippen LogP contribution in [0, 0.1) is 6.92 Å². The van der Waals surface area contributed by atoms with Gasteiger partial charge in [-0.1, -0.05) is 30.3 Å². The molecule has 1 saturated carbocycles. The molecular weight excluding hydrogens is 379 g/mol. The van der Waals surface area contributed by atoms with Gasteiger partial charge in [0.05, 0.1) is 12.1 Å². The molecule has 0 bridgehead atoms. The Hall–Kier alpha value is -3.09. The average molecular weight is 399 g/mol. The number of anilines is 1. The highest BCUT2D eigenvalue weighted by Crippen LogP contribution is 2.42. The average Bonchev–Trinajstić information content (AvgIpc) is 3.43. The summed E-state index contributed by atoms with van der Waals surface area (Å²) < 4.78 is 42.0. The van der Waals surface area contributed by atoms with Gasteiger partial charge in [-0.15, -0.1) is 0 Å². The maximum absolute atomic E-state index is 13.5. The minimum absolute atomic E-state index is 0.0278. The Balaban J connectivity index is 1.52. The van der Waals surface area contributed by atoms with E-state index in [0.29, 0.717) is 11.4 Å². The van der Waals surface area contributed by atoms with E-state index in [-0.39, 0.29) is 23.9 Å². The van der Waals surface area contributed by atoms with Crippen LogP contribution in [-0.4, -0.2) is 15.7 Å². The number of rotatable bonds is 5. The molecule has 1 aliphatic rings. The fourth-order valence-corrected chi connectivity index (χ4v) is 3.37. The van der Waals surface area contributed by atoms with E-state index in [9.17, 15) is 18.0 Å². The van der Waals surface area contributed by atoms with E-state index in [1.54, 1.807) is 30.5 Å². The zero-order valence-electron chi connectivity index (χ0n) is 15.8. The number of carbonyl (C=O) groups is 1. The molecule has 1 fully saturated rings. The molecule has 0 radical (unpaired) electrons. The van der Waals surface area contributed by atoms with Crippen LogP contribution >= 0.6 is 0 Å². The second kappa shape index (κ2) is 7.39. The summed E-state index contributed by atoms with van der Waals surface area (Å²) in [6.07, 6.45) is -0.975. The number of carbonyl (C=O) groups excluding carboxylic acids is 1. The molecule has 4 nitrogen and oxygen atoms in total. The number of nitrogens with zero attached hydrogens (tertiary/aromatic N) is 2. The van der Waals surface area contributed by atoms with Gasteiger partial charge in [0, 0.05) is 17.8 Å². The van der Waals surface area contributed by atoms with Crippen molar-refractivity contribution in [3.63, 3.8) is 0 Å². The van der Waals surface area contributed by atoms with Crippen LogP contribution in [0.5, 0.6) is 0 Å². The molecule has 0 spiro atoms. The first-order valence-corrected chi connectivity index (χ1v) is 9.42. The summed E-state index contributed by atoms with van der Waals surface area (Å²) in [5, 5.41) is 6.90. The van der Waals surface area contributed by atoms with Gasteiger partial charge in [0.15, 0.2) is 5.82 Å². The van der Waals surface area contributed by atoms with Crippen LogP contribution in [0.2, 0.25) is 0 Å². The van der Waals surface area contributed by atoms with E-state index >= 15 is 0 Å². The summed E-state index contributed by atoms with van der Waals surface area (Å²) in [5.41, 5.74) is 1.63. The zero-order chi connectivity index (χ0) is 20.6. The molecule has 4 rings (SSSR count). The van der Waals surface area contributed by atoms with Crippen molar-refractivity contribution in [1.29, 1.82) is 0 Å². The molecule has 1 N–H and O–H groups in total. The fraction of sp³-hybridized carbons (Fsp3) is 0.273. The van der Waals surface area contributed by atoms with E-state index in [1.807, 2.05) is 19.1 Å². The van der Waals surface area contributed by atoms with E-state index in [2.05, 4.69) is 10.4 Å². The number of amides is 1. The molecular formula is C22H20F3N3O. The normalized spacial score (nSPS) is 14.1. The Morgan fingerprint density at radius 1 is 1.17 bits per heavy atom. The predicted molar refractivity (Wildman–Crippen MR) is 104 cm³/mol. The number of aryl methyl sites for hydroxylation is 1. The third kappa shape index (κ3) is 4.34. The van der Waals surface area contributed by atoms with E-state index in [0.717, 1.165) is 24.0 Å². The third-order valence-corrected chi connectivity index (χ3v) is 5.09. The van der Waals surface area contributed by atoms with Gasteiger partial charge in [0.2, 0.25) is 0 Å². The Bertz CT molecular complexity index is 1050. The van der Waals surface area contributed by atoms with Crippen LogP contribution in [0.3, 0.4) is 0 Å². The Morgan fingerprint density at radius 3 is 2.62 bits per heavy atom. The first-order chi connectivity index (χ1) is 13.8. The molecule has 1 aliphatic carbocycles. The monoisotopic (exact) mass is 399 g/mol. The summed E-state index contributed by atoms with van der Waals surface area (Å²) in [6, 6.07) is 13.3. The van der Waals surface area contributed by atoms with Gasteiger partial charge in [-0.05, 0) is 54.5 Å². The van der Waals surface area contributed by atoms with Gasteiger partial charge >= 0.3 is 6.18 Å². The second-order valence-corrected chi connectivity index (χ2v) is 7.36. The molecule has 1 heterocycles. The standard InChI is InChI=1S/C22H20F3N3O/c1-14-4-2-3-5-18(14)21(29)26-20-10-11-28(27-20)13-17-9-8-16(15-6-7-15)12-19(17)22(23,24)25/h2-5,8-12,15H,6-7,13H2,1H3,(H,26,27,29). The summed E-state index contributed by atoms with van der Waals surface area (Å²) in [5.74, 6) is 0.234. The molecule has 0 aliphatic heterocycles. The number of alkyl halides is 3. The van der Waals surface area contributed by atoms with E-state index in [4.69, 9.17) is 0 Å². The van der Waals surface area contributed by atoms with Crippen molar-refractivity contribution in [2.45, 2.75) is 38.4 Å². The molecule has 2 aromatic carbocycles. The molecule has 1 amide bonds. The molecule has 7 heteroatoms. The van der Waals surface area contributed by atoms with Crippen LogP contribution in [0.25, 0.3) is 0 Å². The van der Waals surface area contributed by atoms with Crippen molar-refractivity contribution in [3.05, 3.63) is 82.5 Å². The van der Waals surface area contributed by atoms with Gasteiger partial charge in [-0.25, -0.2) is 0 Å². The van der Waals surface area contributed by atoms with Crippen molar-refractivity contribution in [1.82, 2.24) is 9.78 Å².